The molecule has 4 aliphatic rings. The zero-order chi connectivity index (χ0) is 21.0. The molecule has 0 heterocycles. The number of hydrogen-bond donors (Lipinski definition) is 1. The number of benzene rings is 2. The molecule has 160 valence electrons. The van der Waals surface area contributed by atoms with Crippen LogP contribution in [0, 0.1) is 16.7 Å². The molecule has 4 saturated carbocycles. The third-order valence-corrected chi connectivity index (χ3v) is 8.36. The van der Waals surface area contributed by atoms with E-state index in [0.717, 1.165) is 33.3 Å². The average molecular weight is 489 g/mol. The van der Waals surface area contributed by atoms with E-state index in [-0.39, 0.29) is 0 Å². The lowest BCUT2D eigenvalue weighted by atomic mass is 9.43. The number of halogens is 2. The first-order valence-electron chi connectivity index (χ1n) is 11.1. The summed E-state index contributed by atoms with van der Waals surface area (Å²) in [6.07, 6.45) is 8.25. The van der Waals surface area contributed by atoms with Gasteiger partial charge in [-0.05, 0) is 91.2 Å². The number of ether oxygens (including phenoxy) is 1. The minimum Gasteiger partial charge on any atom is -0.489 e. The molecule has 0 aliphatic heterocycles. The van der Waals surface area contributed by atoms with Crippen molar-refractivity contribution in [1.82, 2.24) is 5.32 Å². The van der Waals surface area contributed by atoms with Gasteiger partial charge in [0.25, 0.3) is 0 Å². The average Bonchev–Trinajstić information content (AvgIpc) is 2.64. The maximum absolute atomic E-state index is 6.23. The van der Waals surface area contributed by atoms with Gasteiger partial charge in [-0.2, -0.15) is 0 Å². The van der Waals surface area contributed by atoms with E-state index in [2.05, 4.69) is 53.3 Å². The van der Waals surface area contributed by atoms with Gasteiger partial charge in [0, 0.05) is 27.1 Å². The third-order valence-electron chi connectivity index (χ3n) is 7.61. The lowest BCUT2D eigenvalue weighted by molar-refractivity contribution is -0.118. The quantitative estimate of drug-likeness (QED) is 0.454. The Labute approximate surface area is 193 Å². The normalized spacial score (nSPS) is 34.3. The molecule has 30 heavy (non-hydrogen) atoms. The molecule has 0 saturated heterocycles. The minimum atomic E-state index is 0.290. The first kappa shape index (κ1) is 20.8. The molecule has 1 N–H and O–H groups in total. The standard InChI is InChI=1S/C26H31BrClNO/c1-24-10-19-11-25(2,15-24)17-26(12-19,16-24)29-13-20-9-21(27)5-8-23(20)30-14-18-3-6-22(28)7-4-18/h3-9,19,29H,10-17H2,1-2H3/t19?,24-,25+,26?. The molecule has 4 atom stereocenters. The summed E-state index contributed by atoms with van der Waals surface area (Å²) < 4.78 is 7.32. The van der Waals surface area contributed by atoms with Gasteiger partial charge in [0.1, 0.15) is 12.4 Å². The molecule has 6 rings (SSSR count). The van der Waals surface area contributed by atoms with E-state index >= 15 is 0 Å². The highest BCUT2D eigenvalue weighted by atomic mass is 79.9. The molecule has 4 heteroatoms. The summed E-state index contributed by atoms with van der Waals surface area (Å²) in [7, 11) is 0. The lowest BCUT2D eigenvalue weighted by Crippen LogP contribution is -2.63. The predicted octanol–water partition coefficient (Wildman–Crippen LogP) is 7.52. The summed E-state index contributed by atoms with van der Waals surface area (Å²) in [4.78, 5) is 0. The second-order valence-corrected chi connectivity index (χ2v) is 12.3. The largest absolute Gasteiger partial charge is 0.489 e. The van der Waals surface area contributed by atoms with Crippen molar-refractivity contribution in [1.29, 1.82) is 0 Å². The number of hydrogen-bond acceptors (Lipinski definition) is 2. The van der Waals surface area contributed by atoms with Crippen LogP contribution in [0.1, 0.15) is 63.5 Å². The van der Waals surface area contributed by atoms with Crippen LogP contribution in [0.15, 0.2) is 46.9 Å². The van der Waals surface area contributed by atoms with Gasteiger partial charge >= 0.3 is 0 Å². The second-order valence-electron chi connectivity index (χ2n) is 10.9. The van der Waals surface area contributed by atoms with Crippen LogP contribution in [0.4, 0.5) is 0 Å². The van der Waals surface area contributed by atoms with E-state index in [1.165, 1.54) is 44.1 Å². The van der Waals surface area contributed by atoms with Gasteiger partial charge in [-0.15, -0.1) is 0 Å². The minimum absolute atomic E-state index is 0.290. The summed E-state index contributed by atoms with van der Waals surface area (Å²) >= 11 is 9.66. The Bertz CT molecular complexity index is 925. The summed E-state index contributed by atoms with van der Waals surface area (Å²) in [5.74, 6) is 1.86. The van der Waals surface area contributed by atoms with Gasteiger partial charge in [0.15, 0.2) is 0 Å². The zero-order valence-corrected chi connectivity index (χ0v) is 20.3. The van der Waals surface area contributed by atoms with E-state index in [0.29, 0.717) is 23.0 Å². The van der Waals surface area contributed by atoms with Crippen LogP contribution in [0.3, 0.4) is 0 Å². The Balaban J connectivity index is 1.31. The predicted molar refractivity (Wildman–Crippen MR) is 127 cm³/mol. The molecule has 2 unspecified atom stereocenters. The molecule has 2 aromatic carbocycles. The second kappa shape index (κ2) is 7.53. The van der Waals surface area contributed by atoms with Crippen molar-refractivity contribution in [2.24, 2.45) is 16.7 Å². The highest BCUT2D eigenvalue weighted by Crippen LogP contribution is 2.66. The summed E-state index contributed by atoms with van der Waals surface area (Å²) in [6, 6.07) is 14.2. The van der Waals surface area contributed by atoms with Crippen molar-refractivity contribution >= 4 is 27.5 Å². The maximum atomic E-state index is 6.23. The van der Waals surface area contributed by atoms with Crippen LogP contribution >= 0.6 is 27.5 Å². The summed E-state index contributed by atoms with van der Waals surface area (Å²) in [5, 5.41) is 4.80. The topological polar surface area (TPSA) is 21.3 Å². The molecule has 0 amide bonds. The smallest absolute Gasteiger partial charge is 0.124 e. The van der Waals surface area contributed by atoms with Crippen LogP contribution in [-0.4, -0.2) is 5.54 Å². The Morgan fingerprint density at radius 2 is 1.70 bits per heavy atom. The maximum Gasteiger partial charge on any atom is 0.124 e. The fourth-order valence-electron chi connectivity index (χ4n) is 7.50. The molecule has 0 aromatic heterocycles. The van der Waals surface area contributed by atoms with Gasteiger partial charge < -0.3 is 10.1 Å². The van der Waals surface area contributed by atoms with E-state index in [1.807, 2.05) is 24.3 Å². The Morgan fingerprint density at radius 3 is 2.37 bits per heavy atom. The van der Waals surface area contributed by atoms with Crippen molar-refractivity contribution in [2.45, 2.75) is 71.1 Å². The molecule has 0 radical (unpaired) electrons. The molecular weight excluding hydrogens is 458 g/mol. The third kappa shape index (κ3) is 4.18. The van der Waals surface area contributed by atoms with E-state index in [4.69, 9.17) is 16.3 Å². The fourth-order valence-corrected chi connectivity index (χ4v) is 8.03. The van der Waals surface area contributed by atoms with Gasteiger partial charge in [-0.25, -0.2) is 0 Å². The molecule has 2 nitrogen and oxygen atoms in total. The summed E-state index contributed by atoms with van der Waals surface area (Å²) in [6.45, 7) is 6.47. The Morgan fingerprint density at radius 1 is 1.00 bits per heavy atom. The van der Waals surface area contributed by atoms with E-state index < -0.39 is 0 Å². The molecule has 4 bridgehead atoms. The molecule has 2 aromatic rings. The SMILES string of the molecule is C[C@]12CC3CC(NCc4cc(Br)ccc4OCc4ccc(Cl)cc4)(C1)C[C@@](C)(C3)C2. The van der Waals surface area contributed by atoms with E-state index in [9.17, 15) is 0 Å². The lowest BCUT2D eigenvalue weighted by Gasteiger charge is -2.65. The van der Waals surface area contributed by atoms with Crippen LogP contribution in [0.25, 0.3) is 0 Å². The monoisotopic (exact) mass is 487 g/mol. The highest BCUT2D eigenvalue weighted by molar-refractivity contribution is 9.10. The number of rotatable bonds is 6. The zero-order valence-electron chi connectivity index (χ0n) is 17.9. The van der Waals surface area contributed by atoms with Crippen molar-refractivity contribution in [3.63, 3.8) is 0 Å². The van der Waals surface area contributed by atoms with E-state index in [1.54, 1.807) is 0 Å². The van der Waals surface area contributed by atoms with Gasteiger partial charge in [-0.1, -0.05) is 53.5 Å². The highest BCUT2D eigenvalue weighted by Gasteiger charge is 2.59. The molecule has 0 spiro atoms. The van der Waals surface area contributed by atoms with Gasteiger partial charge in [0.05, 0.1) is 0 Å². The van der Waals surface area contributed by atoms with Crippen molar-refractivity contribution in [3.8, 4) is 5.75 Å². The number of nitrogens with one attached hydrogen (secondary N) is 1. The first-order chi connectivity index (χ1) is 14.2. The van der Waals surface area contributed by atoms with Crippen molar-refractivity contribution < 1.29 is 4.74 Å². The fraction of sp³-hybridized carbons (Fsp3) is 0.538. The molecule has 4 fully saturated rings. The van der Waals surface area contributed by atoms with Gasteiger partial charge in [0.2, 0.25) is 0 Å². The van der Waals surface area contributed by atoms with Crippen LogP contribution in [-0.2, 0) is 13.2 Å². The summed E-state index contributed by atoms with van der Waals surface area (Å²) in [5.41, 5.74) is 3.68. The van der Waals surface area contributed by atoms with Crippen LogP contribution < -0.4 is 10.1 Å². The van der Waals surface area contributed by atoms with Crippen LogP contribution in [0.2, 0.25) is 5.02 Å². The first-order valence-corrected chi connectivity index (χ1v) is 12.3. The Kier molecular flexibility index (Phi) is 5.24. The molecule has 4 aliphatic carbocycles. The Hall–Kier alpha value is -1.03. The molecular formula is C26H31BrClNO. The van der Waals surface area contributed by atoms with Crippen molar-refractivity contribution in [2.75, 3.05) is 0 Å². The van der Waals surface area contributed by atoms with Crippen LogP contribution in [0.5, 0.6) is 5.75 Å². The van der Waals surface area contributed by atoms with Gasteiger partial charge in [-0.3, -0.25) is 0 Å². The van der Waals surface area contributed by atoms with Crippen molar-refractivity contribution in [3.05, 3.63) is 63.1 Å².